The third-order valence-electron chi connectivity index (χ3n) is 3.41. The van der Waals surface area contributed by atoms with Crippen LogP contribution in [0, 0.1) is 23.2 Å². The lowest BCUT2D eigenvalue weighted by atomic mass is 9.70. The lowest BCUT2D eigenvalue weighted by Crippen LogP contribution is -2.59. The van der Waals surface area contributed by atoms with E-state index >= 15 is 0 Å². The summed E-state index contributed by atoms with van der Waals surface area (Å²) in [6, 6.07) is 2.11. The normalized spacial score (nSPS) is 36.2. The monoisotopic (exact) mass is 208 g/mol. The fourth-order valence-electron chi connectivity index (χ4n) is 2.49. The molecule has 1 rings (SSSR count). The molecule has 0 bridgehead atoms. The Morgan fingerprint density at radius 2 is 2.20 bits per heavy atom. The molecule has 0 aromatic heterocycles. The van der Waals surface area contributed by atoms with Crippen molar-refractivity contribution < 1.29 is 9.59 Å². The van der Waals surface area contributed by atoms with Crippen LogP contribution in [0.15, 0.2) is 0 Å². The van der Waals surface area contributed by atoms with Crippen LogP contribution in [-0.2, 0) is 9.59 Å². The van der Waals surface area contributed by atoms with E-state index in [-0.39, 0.29) is 23.5 Å². The molecule has 0 N–H and O–H groups in total. The van der Waals surface area contributed by atoms with E-state index in [9.17, 15) is 14.9 Å². The van der Waals surface area contributed by atoms with Gasteiger partial charge in [0.25, 0.3) is 0 Å². The second-order valence-corrected chi connectivity index (χ2v) is 4.48. The number of hydrogen-bond donors (Lipinski definition) is 0. The van der Waals surface area contributed by atoms with Gasteiger partial charge in [-0.25, -0.2) is 0 Å². The first kappa shape index (κ1) is 11.7. The van der Waals surface area contributed by atoms with Gasteiger partial charge < -0.3 is 4.90 Å². The third kappa shape index (κ3) is 1.63. The van der Waals surface area contributed by atoms with E-state index in [1.807, 2.05) is 6.92 Å². The maximum atomic E-state index is 11.6. The third-order valence-corrected chi connectivity index (χ3v) is 3.41. The number of Topliss-reactive ketones (excluding diaryl/α,β-unsaturated/α-hetero) is 1. The van der Waals surface area contributed by atoms with Crippen molar-refractivity contribution in [1.29, 1.82) is 5.26 Å². The first-order valence-corrected chi connectivity index (χ1v) is 5.03. The molecule has 3 atom stereocenters. The summed E-state index contributed by atoms with van der Waals surface area (Å²) in [5, 5.41) is 9.18. The molecule has 0 aromatic carbocycles. The summed E-state index contributed by atoms with van der Waals surface area (Å²) in [5.74, 6) is -0.531. The van der Waals surface area contributed by atoms with E-state index in [0.29, 0.717) is 6.42 Å². The highest BCUT2D eigenvalue weighted by Gasteiger charge is 2.50. The molecular formula is C11H16N2O2. The number of ketones is 1. The molecular weight excluding hydrogens is 192 g/mol. The van der Waals surface area contributed by atoms with E-state index in [2.05, 4.69) is 6.07 Å². The first-order chi connectivity index (χ1) is 6.84. The van der Waals surface area contributed by atoms with E-state index in [0.717, 1.165) is 0 Å². The minimum atomic E-state index is -0.999. The fraction of sp³-hybridized carbons (Fsp3) is 0.727. The van der Waals surface area contributed by atoms with Crippen LogP contribution in [0.3, 0.4) is 0 Å². The second-order valence-electron chi connectivity index (χ2n) is 4.48. The van der Waals surface area contributed by atoms with Gasteiger partial charge in [0.15, 0.2) is 0 Å². The Balaban J connectivity index is 3.19. The van der Waals surface area contributed by atoms with Crippen LogP contribution < -0.4 is 0 Å². The molecule has 4 heteroatoms. The fourth-order valence-corrected chi connectivity index (χ4v) is 2.49. The van der Waals surface area contributed by atoms with Crippen LogP contribution in [0.5, 0.6) is 0 Å². The van der Waals surface area contributed by atoms with Gasteiger partial charge in [-0.1, -0.05) is 6.92 Å². The minimum absolute atomic E-state index is 0.0223. The molecule has 0 spiro atoms. The van der Waals surface area contributed by atoms with Crippen LogP contribution in [0.1, 0.15) is 27.2 Å². The number of amides is 1. The number of hydrogen-bond acceptors (Lipinski definition) is 3. The highest BCUT2D eigenvalue weighted by atomic mass is 16.2. The number of carbonyl (C=O) groups is 2. The first-order valence-electron chi connectivity index (χ1n) is 5.03. The molecule has 1 saturated heterocycles. The zero-order valence-corrected chi connectivity index (χ0v) is 9.57. The second kappa shape index (κ2) is 3.65. The molecule has 0 saturated carbocycles. The van der Waals surface area contributed by atoms with Crippen LogP contribution in [0.4, 0.5) is 0 Å². The molecule has 1 heterocycles. The average molecular weight is 208 g/mol. The molecule has 1 aliphatic heterocycles. The van der Waals surface area contributed by atoms with Gasteiger partial charge in [0, 0.05) is 13.5 Å². The minimum Gasteiger partial charge on any atom is -0.327 e. The maximum absolute atomic E-state index is 11.6. The molecule has 1 amide bonds. The highest BCUT2D eigenvalue weighted by Crippen LogP contribution is 2.37. The van der Waals surface area contributed by atoms with Crippen LogP contribution in [-0.4, -0.2) is 29.2 Å². The SMILES string of the molecule is CC(=O)[C@@H]1[C@@H](C)CC(=O)N(C)[C@]1(C)C#N. The summed E-state index contributed by atoms with van der Waals surface area (Å²) in [7, 11) is 1.59. The number of nitrogens with zero attached hydrogens (tertiary/aromatic N) is 2. The van der Waals surface area contributed by atoms with Gasteiger partial charge in [0.2, 0.25) is 5.91 Å². The summed E-state index contributed by atoms with van der Waals surface area (Å²) in [6.45, 7) is 5.00. The van der Waals surface area contributed by atoms with Gasteiger partial charge in [0.1, 0.15) is 11.3 Å². The van der Waals surface area contributed by atoms with Crippen molar-refractivity contribution in [3.05, 3.63) is 0 Å². The molecule has 1 aliphatic rings. The number of carbonyl (C=O) groups excluding carboxylic acids is 2. The van der Waals surface area contributed by atoms with Crippen molar-refractivity contribution in [1.82, 2.24) is 4.90 Å². The number of nitriles is 1. The van der Waals surface area contributed by atoms with Crippen LogP contribution in [0.2, 0.25) is 0 Å². The van der Waals surface area contributed by atoms with Gasteiger partial charge in [-0.2, -0.15) is 5.26 Å². The predicted molar refractivity (Wildman–Crippen MR) is 54.7 cm³/mol. The number of rotatable bonds is 1. The molecule has 0 radical (unpaired) electrons. The Morgan fingerprint density at radius 3 is 2.60 bits per heavy atom. The zero-order valence-electron chi connectivity index (χ0n) is 9.57. The molecule has 82 valence electrons. The average Bonchev–Trinajstić information content (AvgIpc) is 2.13. The molecule has 0 aromatic rings. The summed E-state index contributed by atoms with van der Waals surface area (Å²) in [5.41, 5.74) is -0.999. The van der Waals surface area contributed by atoms with Gasteiger partial charge in [-0.05, 0) is 19.8 Å². The Labute approximate surface area is 89.9 Å². The van der Waals surface area contributed by atoms with Crippen LogP contribution in [0.25, 0.3) is 0 Å². The van der Waals surface area contributed by atoms with E-state index in [4.69, 9.17) is 0 Å². The summed E-state index contributed by atoms with van der Waals surface area (Å²) < 4.78 is 0. The molecule has 15 heavy (non-hydrogen) atoms. The van der Waals surface area contributed by atoms with Crippen molar-refractivity contribution in [2.45, 2.75) is 32.7 Å². The topological polar surface area (TPSA) is 61.2 Å². The van der Waals surface area contributed by atoms with Gasteiger partial charge in [0.05, 0.1) is 12.0 Å². The van der Waals surface area contributed by atoms with E-state index < -0.39 is 5.54 Å². The quantitative estimate of drug-likeness (QED) is 0.645. The molecule has 4 nitrogen and oxygen atoms in total. The Morgan fingerprint density at radius 1 is 1.67 bits per heavy atom. The largest absolute Gasteiger partial charge is 0.327 e. The van der Waals surface area contributed by atoms with Crippen molar-refractivity contribution in [2.75, 3.05) is 7.05 Å². The Kier molecular flexibility index (Phi) is 2.85. The zero-order chi connectivity index (χ0) is 11.8. The van der Waals surface area contributed by atoms with Gasteiger partial charge in [-0.15, -0.1) is 0 Å². The summed E-state index contributed by atoms with van der Waals surface area (Å²) in [6.07, 6.45) is 0.345. The van der Waals surface area contributed by atoms with Crippen molar-refractivity contribution in [2.24, 2.45) is 11.8 Å². The van der Waals surface area contributed by atoms with Gasteiger partial charge in [-0.3, -0.25) is 9.59 Å². The van der Waals surface area contributed by atoms with Crippen LogP contribution >= 0.6 is 0 Å². The van der Waals surface area contributed by atoms with Crippen molar-refractivity contribution in [3.63, 3.8) is 0 Å². The standard InChI is InChI=1S/C11H16N2O2/c1-7-5-9(15)13(4)11(3,6-12)10(7)8(2)14/h7,10H,5H2,1-4H3/t7-,10-,11+/m0/s1. The smallest absolute Gasteiger partial charge is 0.223 e. The Hall–Kier alpha value is -1.37. The predicted octanol–water partition coefficient (Wildman–Crippen LogP) is 0.972. The molecule has 0 aliphatic carbocycles. The molecule has 1 fully saturated rings. The maximum Gasteiger partial charge on any atom is 0.223 e. The lowest BCUT2D eigenvalue weighted by Gasteiger charge is -2.45. The Bertz CT molecular complexity index is 345. The van der Waals surface area contributed by atoms with E-state index in [1.54, 1.807) is 14.0 Å². The van der Waals surface area contributed by atoms with Crippen molar-refractivity contribution >= 4 is 11.7 Å². The summed E-state index contributed by atoms with van der Waals surface area (Å²) in [4.78, 5) is 24.6. The highest BCUT2D eigenvalue weighted by molar-refractivity contribution is 5.86. The van der Waals surface area contributed by atoms with Crippen molar-refractivity contribution in [3.8, 4) is 6.07 Å². The number of likely N-dealkylation sites (tertiary alicyclic amines) is 1. The number of piperidine rings is 1. The lowest BCUT2D eigenvalue weighted by molar-refractivity contribution is -0.146. The van der Waals surface area contributed by atoms with E-state index in [1.165, 1.54) is 11.8 Å². The van der Waals surface area contributed by atoms with Gasteiger partial charge >= 0.3 is 0 Å². The summed E-state index contributed by atoms with van der Waals surface area (Å²) >= 11 is 0. The molecule has 0 unspecified atom stereocenters.